The van der Waals surface area contributed by atoms with Gasteiger partial charge in [-0.15, -0.1) is 0 Å². The second kappa shape index (κ2) is 8.37. The Hall–Kier alpha value is -0.730. The van der Waals surface area contributed by atoms with Crippen molar-refractivity contribution in [2.75, 3.05) is 20.2 Å². The van der Waals surface area contributed by atoms with Crippen LogP contribution in [0.25, 0.3) is 0 Å². The summed E-state index contributed by atoms with van der Waals surface area (Å²) in [5, 5.41) is 3.95. The van der Waals surface area contributed by atoms with Gasteiger partial charge in [0.1, 0.15) is 5.75 Å². The molecule has 0 spiro atoms. The Labute approximate surface area is 109 Å². The first-order chi connectivity index (χ1) is 8.24. The van der Waals surface area contributed by atoms with Gasteiger partial charge in [0, 0.05) is 5.02 Å². The second-order valence-corrected chi connectivity index (χ2v) is 4.68. The summed E-state index contributed by atoms with van der Waals surface area (Å²) >= 11 is 5.95. The molecule has 0 fully saturated rings. The summed E-state index contributed by atoms with van der Waals surface area (Å²) in [7, 11) is 1.99. The number of hydrogen-bond acceptors (Lipinski definition) is 2. The smallest absolute Gasteiger partial charge is 0.119 e. The van der Waals surface area contributed by atoms with Gasteiger partial charge in [0.25, 0.3) is 0 Å². The average molecular weight is 256 g/mol. The van der Waals surface area contributed by atoms with Crippen LogP contribution in [-0.4, -0.2) is 20.2 Å². The number of halogens is 1. The predicted octanol–water partition coefficient (Wildman–Crippen LogP) is 3.81. The van der Waals surface area contributed by atoms with E-state index in [9.17, 15) is 0 Å². The molecule has 0 radical (unpaired) electrons. The maximum absolute atomic E-state index is 5.95. The maximum atomic E-state index is 5.95. The largest absolute Gasteiger partial charge is 0.494 e. The van der Waals surface area contributed by atoms with Gasteiger partial charge in [0.15, 0.2) is 0 Å². The van der Waals surface area contributed by atoms with Crippen molar-refractivity contribution >= 4 is 11.6 Å². The van der Waals surface area contributed by atoms with Crippen LogP contribution in [0.4, 0.5) is 0 Å². The summed E-state index contributed by atoms with van der Waals surface area (Å²) in [6, 6.07) is 5.80. The van der Waals surface area contributed by atoms with Gasteiger partial charge in [-0.1, -0.05) is 24.4 Å². The van der Waals surface area contributed by atoms with Gasteiger partial charge >= 0.3 is 0 Å². The van der Waals surface area contributed by atoms with E-state index in [-0.39, 0.29) is 0 Å². The number of aryl methyl sites for hydroxylation is 1. The fourth-order valence-electron chi connectivity index (χ4n) is 1.65. The Morgan fingerprint density at radius 1 is 1.18 bits per heavy atom. The minimum absolute atomic E-state index is 0.792. The number of unbranched alkanes of at least 4 members (excludes halogenated alkanes) is 3. The summed E-state index contributed by atoms with van der Waals surface area (Å²) in [4.78, 5) is 0. The van der Waals surface area contributed by atoms with Crippen LogP contribution in [0.2, 0.25) is 5.02 Å². The normalized spacial score (nSPS) is 10.5. The number of rotatable bonds is 8. The molecule has 0 saturated carbocycles. The van der Waals surface area contributed by atoms with E-state index in [0.29, 0.717) is 0 Å². The van der Waals surface area contributed by atoms with Crippen LogP contribution in [0.1, 0.15) is 31.2 Å². The van der Waals surface area contributed by atoms with Crippen LogP contribution in [0.5, 0.6) is 5.75 Å². The Balaban J connectivity index is 2.11. The molecule has 3 heteroatoms. The predicted molar refractivity (Wildman–Crippen MR) is 74.1 cm³/mol. The summed E-state index contributed by atoms with van der Waals surface area (Å²) in [5.74, 6) is 0.919. The Morgan fingerprint density at radius 2 is 1.94 bits per heavy atom. The first kappa shape index (κ1) is 14.3. The van der Waals surface area contributed by atoms with Crippen LogP contribution in [-0.2, 0) is 0 Å². The zero-order valence-corrected chi connectivity index (χ0v) is 11.5. The highest BCUT2D eigenvalue weighted by Crippen LogP contribution is 2.21. The molecule has 0 aliphatic heterocycles. The summed E-state index contributed by atoms with van der Waals surface area (Å²) in [5.41, 5.74) is 1.07. The highest BCUT2D eigenvalue weighted by Gasteiger charge is 1.98. The van der Waals surface area contributed by atoms with E-state index in [1.165, 1.54) is 19.3 Å². The molecule has 1 rings (SSSR count). The van der Waals surface area contributed by atoms with Gasteiger partial charge in [0.2, 0.25) is 0 Å². The molecule has 0 amide bonds. The monoisotopic (exact) mass is 255 g/mol. The zero-order chi connectivity index (χ0) is 12.5. The highest BCUT2D eigenvalue weighted by molar-refractivity contribution is 6.31. The van der Waals surface area contributed by atoms with Gasteiger partial charge in [0.05, 0.1) is 6.61 Å². The van der Waals surface area contributed by atoms with Crippen molar-refractivity contribution in [1.82, 2.24) is 5.32 Å². The third-order valence-electron chi connectivity index (χ3n) is 2.72. The number of nitrogens with one attached hydrogen (secondary N) is 1. The Kier molecular flexibility index (Phi) is 7.06. The lowest BCUT2D eigenvalue weighted by molar-refractivity contribution is 0.304. The molecule has 0 saturated heterocycles. The molecule has 0 bridgehead atoms. The lowest BCUT2D eigenvalue weighted by Crippen LogP contribution is -2.07. The van der Waals surface area contributed by atoms with Crippen LogP contribution in [0.3, 0.4) is 0 Å². The van der Waals surface area contributed by atoms with E-state index in [1.54, 1.807) is 0 Å². The van der Waals surface area contributed by atoms with Crippen LogP contribution < -0.4 is 10.1 Å². The van der Waals surface area contributed by atoms with E-state index in [1.807, 2.05) is 32.2 Å². The molecule has 0 aromatic heterocycles. The van der Waals surface area contributed by atoms with Crippen LogP contribution in [0, 0.1) is 6.92 Å². The molecule has 0 atom stereocenters. The lowest BCUT2D eigenvalue weighted by atomic mass is 10.2. The van der Waals surface area contributed by atoms with Crippen molar-refractivity contribution in [2.24, 2.45) is 0 Å². The van der Waals surface area contributed by atoms with E-state index >= 15 is 0 Å². The molecule has 0 aliphatic rings. The van der Waals surface area contributed by atoms with Gasteiger partial charge < -0.3 is 10.1 Å². The van der Waals surface area contributed by atoms with Gasteiger partial charge in [-0.2, -0.15) is 0 Å². The quantitative estimate of drug-likeness (QED) is 0.714. The minimum atomic E-state index is 0.792. The van der Waals surface area contributed by atoms with Gasteiger partial charge in [-0.25, -0.2) is 0 Å². The maximum Gasteiger partial charge on any atom is 0.119 e. The van der Waals surface area contributed by atoms with Crippen molar-refractivity contribution < 1.29 is 4.74 Å². The lowest BCUT2D eigenvalue weighted by Gasteiger charge is -2.07. The fraction of sp³-hybridized carbons (Fsp3) is 0.571. The third kappa shape index (κ3) is 5.94. The molecule has 1 aromatic rings. The molecule has 0 aliphatic carbocycles. The molecule has 0 unspecified atom stereocenters. The standard InChI is InChI=1S/C14H22ClNO/c1-12-11-13(7-8-14(12)15)17-10-6-4-3-5-9-16-2/h7-8,11,16H,3-6,9-10H2,1-2H3. The number of benzene rings is 1. The average Bonchev–Trinajstić information content (AvgIpc) is 2.32. The number of ether oxygens (including phenoxy) is 1. The van der Waals surface area contributed by atoms with Crippen molar-refractivity contribution in [2.45, 2.75) is 32.6 Å². The molecule has 1 N–H and O–H groups in total. The van der Waals surface area contributed by atoms with Gasteiger partial charge in [-0.05, 0) is 57.1 Å². The molecule has 1 aromatic carbocycles. The first-order valence-electron chi connectivity index (χ1n) is 6.27. The van der Waals surface area contributed by atoms with Crippen molar-refractivity contribution in [3.8, 4) is 5.75 Å². The Morgan fingerprint density at radius 3 is 2.65 bits per heavy atom. The van der Waals surface area contributed by atoms with Crippen molar-refractivity contribution in [1.29, 1.82) is 0 Å². The summed E-state index contributed by atoms with van der Waals surface area (Å²) in [6.07, 6.45) is 4.86. The van der Waals surface area contributed by atoms with E-state index < -0.39 is 0 Å². The SMILES string of the molecule is CNCCCCCCOc1ccc(Cl)c(C)c1. The molecular formula is C14H22ClNO. The Bertz CT molecular complexity index is 328. The van der Waals surface area contributed by atoms with E-state index in [2.05, 4.69) is 5.32 Å². The third-order valence-corrected chi connectivity index (χ3v) is 3.14. The first-order valence-corrected chi connectivity index (χ1v) is 6.65. The van der Waals surface area contributed by atoms with Crippen LogP contribution in [0.15, 0.2) is 18.2 Å². The molecule has 0 heterocycles. The summed E-state index contributed by atoms with van der Waals surface area (Å²) in [6.45, 7) is 3.89. The molecule has 17 heavy (non-hydrogen) atoms. The van der Waals surface area contributed by atoms with Gasteiger partial charge in [-0.3, -0.25) is 0 Å². The van der Waals surface area contributed by atoms with Crippen molar-refractivity contribution in [3.63, 3.8) is 0 Å². The topological polar surface area (TPSA) is 21.3 Å². The number of hydrogen-bond donors (Lipinski definition) is 1. The molecule has 2 nitrogen and oxygen atoms in total. The fourth-order valence-corrected chi connectivity index (χ4v) is 1.77. The molecule has 96 valence electrons. The second-order valence-electron chi connectivity index (χ2n) is 4.28. The highest BCUT2D eigenvalue weighted by atomic mass is 35.5. The van der Waals surface area contributed by atoms with E-state index in [0.717, 1.165) is 35.9 Å². The molecular weight excluding hydrogens is 234 g/mol. The summed E-state index contributed by atoms with van der Waals surface area (Å²) < 4.78 is 5.67. The van der Waals surface area contributed by atoms with E-state index in [4.69, 9.17) is 16.3 Å². The van der Waals surface area contributed by atoms with Crippen molar-refractivity contribution in [3.05, 3.63) is 28.8 Å². The van der Waals surface area contributed by atoms with Crippen LogP contribution >= 0.6 is 11.6 Å². The minimum Gasteiger partial charge on any atom is -0.494 e. The zero-order valence-electron chi connectivity index (χ0n) is 10.8.